The Bertz CT molecular complexity index is 423. The van der Waals surface area contributed by atoms with Crippen LogP contribution in [-0.4, -0.2) is 35.8 Å². The lowest BCUT2D eigenvalue weighted by molar-refractivity contribution is 0.241. The van der Waals surface area contributed by atoms with Crippen LogP contribution in [0.5, 0.6) is 0 Å². The molecule has 2 amide bonds. The SMILES string of the molecule is CSCC(CCO)NC(=O)Nc1cc(C)ccc1Br. The minimum atomic E-state index is -0.251. The summed E-state index contributed by atoms with van der Waals surface area (Å²) in [5.41, 5.74) is 1.82. The molecule has 1 rings (SSSR count). The van der Waals surface area contributed by atoms with Crippen molar-refractivity contribution in [2.24, 2.45) is 0 Å². The van der Waals surface area contributed by atoms with Crippen LogP contribution in [0, 0.1) is 6.92 Å². The number of hydrogen-bond donors (Lipinski definition) is 3. The van der Waals surface area contributed by atoms with Gasteiger partial charge in [-0.2, -0.15) is 11.8 Å². The highest BCUT2D eigenvalue weighted by atomic mass is 79.9. The summed E-state index contributed by atoms with van der Waals surface area (Å²) in [4.78, 5) is 11.9. The van der Waals surface area contributed by atoms with Gasteiger partial charge in [0.15, 0.2) is 0 Å². The van der Waals surface area contributed by atoms with Crippen molar-refractivity contribution in [1.82, 2.24) is 5.32 Å². The lowest BCUT2D eigenvalue weighted by Crippen LogP contribution is -2.40. The Morgan fingerprint density at radius 3 is 2.89 bits per heavy atom. The smallest absolute Gasteiger partial charge is 0.319 e. The van der Waals surface area contributed by atoms with E-state index in [9.17, 15) is 4.79 Å². The molecule has 0 spiro atoms. The van der Waals surface area contributed by atoms with Crippen LogP contribution in [0.3, 0.4) is 0 Å². The zero-order valence-electron chi connectivity index (χ0n) is 11.1. The Labute approximate surface area is 126 Å². The molecular weight excluding hydrogens is 328 g/mol. The van der Waals surface area contributed by atoms with E-state index in [0.29, 0.717) is 6.42 Å². The molecule has 1 atom stereocenters. The van der Waals surface area contributed by atoms with Crippen molar-refractivity contribution in [2.75, 3.05) is 23.9 Å². The van der Waals surface area contributed by atoms with Gasteiger partial charge in [-0.1, -0.05) is 6.07 Å². The van der Waals surface area contributed by atoms with E-state index in [-0.39, 0.29) is 18.7 Å². The van der Waals surface area contributed by atoms with Gasteiger partial charge in [0.1, 0.15) is 0 Å². The Kier molecular flexibility index (Phi) is 7.27. The van der Waals surface area contributed by atoms with E-state index < -0.39 is 0 Å². The summed E-state index contributed by atoms with van der Waals surface area (Å²) in [5.74, 6) is 0.781. The molecule has 19 heavy (non-hydrogen) atoms. The van der Waals surface area contributed by atoms with Gasteiger partial charge in [-0.3, -0.25) is 0 Å². The third-order valence-electron chi connectivity index (χ3n) is 2.55. The van der Waals surface area contributed by atoms with Gasteiger partial charge in [-0.05, 0) is 53.2 Å². The van der Waals surface area contributed by atoms with Crippen LogP contribution in [0.4, 0.5) is 10.5 Å². The zero-order valence-corrected chi connectivity index (χ0v) is 13.5. The van der Waals surface area contributed by atoms with Crippen molar-refractivity contribution in [3.8, 4) is 0 Å². The Morgan fingerprint density at radius 1 is 1.53 bits per heavy atom. The second kappa shape index (κ2) is 8.45. The van der Waals surface area contributed by atoms with E-state index in [1.165, 1.54) is 0 Å². The molecule has 0 fully saturated rings. The van der Waals surface area contributed by atoms with Crippen LogP contribution in [0.15, 0.2) is 22.7 Å². The number of hydrogen-bond acceptors (Lipinski definition) is 3. The molecule has 1 aromatic rings. The lowest BCUT2D eigenvalue weighted by atomic mass is 10.2. The average molecular weight is 347 g/mol. The van der Waals surface area contributed by atoms with Crippen LogP contribution < -0.4 is 10.6 Å². The van der Waals surface area contributed by atoms with Crippen LogP contribution in [0.1, 0.15) is 12.0 Å². The number of thioether (sulfide) groups is 1. The lowest BCUT2D eigenvalue weighted by Gasteiger charge is -2.17. The van der Waals surface area contributed by atoms with Gasteiger partial charge >= 0.3 is 6.03 Å². The molecule has 0 aliphatic carbocycles. The number of anilines is 1. The summed E-state index contributed by atoms with van der Waals surface area (Å²) >= 11 is 5.04. The fourth-order valence-electron chi connectivity index (χ4n) is 1.63. The van der Waals surface area contributed by atoms with Gasteiger partial charge in [0.2, 0.25) is 0 Å². The number of urea groups is 1. The van der Waals surface area contributed by atoms with Crippen molar-refractivity contribution in [1.29, 1.82) is 0 Å². The fourth-order valence-corrected chi connectivity index (χ4v) is 2.63. The van der Waals surface area contributed by atoms with Gasteiger partial charge in [0.25, 0.3) is 0 Å². The normalized spacial score (nSPS) is 12.0. The van der Waals surface area contributed by atoms with Gasteiger partial charge in [0.05, 0.1) is 5.69 Å². The predicted octanol–water partition coefficient (Wildman–Crippen LogP) is 2.99. The van der Waals surface area contributed by atoms with Gasteiger partial charge < -0.3 is 15.7 Å². The largest absolute Gasteiger partial charge is 0.396 e. The Balaban J connectivity index is 2.60. The molecule has 0 radical (unpaired) electrons. The molecular formula is C13H19BrN2O2S. The van der Waals surface area contributed by atoms with E-state index in [2.05, 4.69) is 26.6 Å². The molecule has 0 saturated heterocycles. The van der Waals surface area contributed by atoms with Gasteiger partial charge in [0, 0.05) is 22.9 Å². The monoisotopic (exact) mass is 346 g/mol. The molecule has 3 N–H and O–H groups in total. The molecule has 0 bridgehead atoms. The highest BCUT2D eigenvalue weighted by molar-refractivity contribution is 9.10. The zero-order chi connectivity index (χ0) is 14.3. The number of nitrogens with one attached hydrogen (secondary N) is 2. The maximum atomic E-state index is 11.9. The second-order valence-electron chi connectivity index (χ2n) is 4.25. The maximum Gasteiger partial charge on any atom is 0.319 e. The minimum Gasteiger partial charge on any atom is -0.396 e. The third-order valence-corrected chi connectivity index (χ3v) is 3.98. The number of halogens is 1. The van der Waals surface area contributed by atoms with E-state index in [0.717, 1.165) is 21.5 Å². The molecule has 0 saturated carbocycles. The Morgan fingerprint density at radius 2 is 2.26 bits per heavy atom. The summed E-state index contributed by atoms with van der Waals surface area (Å²) in [6, 6.07) is 5.50. The van der Waals surface area contributed by atoms with Crippen LogP contribution in [-0.2, 0) is 0 Å². The summed E-state index contributed by atoms with van der Waals surface area (Å²) < 4.78 is 0.844. The molecule has 4 nitrogen and oxygen atoms in total. The summed E-state index contributed by atoms with van der Waals surface area (Å²) in [7, 11) is 0. The summed E-state index contributed by atoms with van der Waals surface area (Å²) in [5, 5.41) is 14.6. The number of amides is 2. The van der Waals surface area contributed by atoms with E-state index in [4.69, 9.17) is 5.11 Å². The first-order valence-corrected chi connectivity index (χ1v) is 8.19. The minimum absolute atomic E-state index is 0.0245. The van der Waals surface area contributed by atoms with Gasteiger partial charge in [-0.25, -0.2) is 4.79 Å². The number of aliphatic hydroxyl groups is 1. The van der Waals surface area contributed by atoms with Crippen molar-refractivity contribution in [3.05, 3.63) is 28.2 Å². The highest BCUT2D eigenvalue weighted by Gasteiger charge is 2.12. The molecule has 106 valence electrons. The highest BCUT2D eigenvalue weighted by Crippen LogP contribution is 2.23. The molecule has 0 aromatic heterocycles. The van der Waals surface area contributed by atoms with Crippen molar-refractivity contribution in [3.63, 3.8) is 0 Å². The molecule has 1 aromatic carbocycles. The molecule has 6 heteroatoms. The first-order chi connectivity index (χ1) is 9.06. The van der Waals surface area contributed by atoms with Crippen molar-refractivity contribution in [2.45, 2.75) is 19.4 Å². The standard InChI is InChI=1S/C13H19BrN2O2S/c1-9-3-4-11(14)12(7-9)16-13(18)15-10(5-6-17)8-19-2/h3-4,7,10,17H,5-6,8H2,1-2H3,(H2,15,16,18). The first kappa shape index (κ1) is 16.3. The Hall–Kier alpha value is -0.720. The fraction of sp³-hybridized carbons (Fsp3) is 0.462. The predicted molar refractivity (Wildman–Crippen MR) is 84.9 cm³/mol. The summed E-state index contributed by atoms with van der Waals surface area (Å²) in [6.45, 7) is 2.04. The number of rotatable bonds is 6. The molecule has 0 aliphatic rings. The van der Waals surface area contributed by atoms with E-state index in [1.807, 2.05) is 31.4 Å². The number of carbonyl (C=O) groups is 1. The number of aliphatic hydroxyl groups excluding tert-OH is 1. The number of carbonyl (C=O) groups excluding carboxylic acids is 1. The number of benzene rings is 1. The van der Waals surface area contributed by atoms with E-state index >= 15 is 0 Å². The molecule has 0 heterocycles. The average Bonchev–Trinajstić information content (AvgIpc) is 2.34. The molecule has 1 unspecified atom stereocenters. The second-order valence-corrected chi connectivity index (χ2v) is 6.01. The first-order valence-electron chi connectivity index (χ1n) is 6.00. The summed E-state index contributed by atoms with van der Waals surface area (Å²) in [6.07, 6.45) is 2.53. The maximum absolute atomic E-state index is 11.9. The third kappa shape index (κ3) is 5.84. The van der Waals surface area contributed by atoms with Crippen LogP contribution >= 0.6 is 27.7 Å². The quantitative estimate of drug-likeness (QED) is 0.741. The van der Waals surface area contributed by atoms with Crippen molar-refractivity contribution < 1.29 is 9.90 Å². The van der Waals surface area contributed by atoms with Crippen LogP contribution in [0.2, 0.25) is 0 Å². The molecule has 0 aliphatic heterocycles. The van der Waals surface area contributed by atoms with Crippen LogP contribution in [0.25, 0.3) is 0 Å². The van der Waals surface area contributed by atoms with Gasteiger partial charge in [-0.15, -0.1) is 0 Å². The number of aryl methyl sites for hydroxylation is 1. The van der Waals surface area contributed by atoms with E-state index in [1.54, 1.807) is 11.8 Å². The van der Waals surface area contributed by atoms with Crippen molar-refractivity contribution >= 4 is 39.4 Å². The topological polar surface area (TPSA) is 61.4 Å².